The number of carbonyl (C=O) groups is 1. The normalized spacial score (nSPS) is 11.3. The highest BCUT2D eigenvalue weighted by atomic mass is 16.2. The van der Waals surface area contributed by atoms with E-state index in [1.54, 1.807) is 35.9 Å². The lowest BCUT2D eigenvalue weighted by Crippen LogP contribution is -2.41. The highest BCUT2D eigenvalue weighted by Crippen LogP contribution is 2.19. The van der Waals surface area contributed by atoms with Crippen molar-refractivity contribution in [2.75, 3.05) is 5.32 Å². The average Bonchev–Trinajstić information content (AvgIpc) is 3.06. The zero-order chi connectivity index (χ0) is 23.9. The predicted octanol–water partition coefficient (Wildman–Crippen LogP) is 3.87. The van der Waals surface area contributed by atoms with Gasteiger partial charge in [-0.2, -0.15) is 0 Å². The molecule has 0 aliphatic heterocycles. The number of amides is 1. The van der Waals surface area contributed by atoms with Gasteiger partial charge in [0.05, 0.1) is 11.2 Å². The van der Waals surface area contributed by atoms with E-state index in [4.69, 9.17) is 0 Å². The SMILES string of the molecule is Cc1cccc(-n2c(=O)c3c(cc(C)n3C)n(CC(=O)Nc3cccc(C(C)C)c3)c2=O)c1. The zero-order valence-electron chi connectivity index (χ0n) is 19.5. The molecule has 0 radical (unpaired) electrons. The van der Waals surface area contributed by atoms with Gasteiger partial charge in [-0.25, -0.2) is 9.36 Å². The van der Waals surface area contributed by atoms with E-state index < -0.39 is 11.2 Å². The second-order valence-corrected chi connectivity index (χ2v) is 8.76. The van der Waals surface area contributed by atoms with Gasteiger partial charge >= 0.3 is 5.69 Å². The summed E-state index contributed by atoms with van der Waals surface area (Å²) in [4.78, 5) is 39.8. The molecule has 2 aromatic heterocycles. The first kappa shape index (κ1) is 22.3. The van der Waals surface area contributed by atoms with E-state index in [1.807, 2.05) is 44.2 Å². The van der Waals surface area contributed by atoms with E-state index in [9.17, 15) is 14.4 Å². The van der Waals surface area contributed by atoms with E-state index in [1.165, 1.54) is 4.57 Å². The fraction of sp³-hybridized carbons (Fsp3) is 0.269. The number of rotatable bonds is 5. The minimum absolute atomic E-state index is 0.212. The van der Waals surface area contributed by atoms with Crippen molar-refractivity contribution in [2.24, 2.45) is 7.05 Å². The number of carbonyl (C=O) groups excluding carboxylic acids is 1. The Balaban J connectivity index is 1.83. The Labute approximate surface area is 191 Å². The highest BCUT2D eigenvalue weighted by Gasteiger charge is 2.20. The molecule has 1 N–H and O–H groups in total. The number of nitrogens with zero attached hydrogens (tertiary/aromatic N) is 3. The summed E-state index contributed by atoms with van der Waals surface area (Å²) in [6.07, 6.45) is 0. The van der Waals surface area contributed by atoms with E-state index >= 15 is 0 Å². The van der Waals surface area contributed by atoms with Crippen LogP contribution >= 0.6 is 0 Å². The van der Waals surface area contributed by atoms with E-state index in [-0.39, 0.29) is 12.5 Å². The van der Waals surface area contributed by atoms with Crippen molar-refractivity contribution < 1.29 is 4.79 Å². The summed E-state index contributed by atoms with van der Waals surface area (Å²) < 4.78 is 4.26. The number of fused-ring (bicyclic) bond motifs is 1. The third kappa shape index (κ3) is 4.14. The molecule has 0 aliphatic carbocycles. The van der Waals surface area contributed by atoms with Crippen molar-refractivity contribution in [3.8, 4) is 5.69 Å². The van der Waals surface area contributed by atoms with Crippen LogP contribution < -0.4 is 16.6 Å². The Bertz CT molecular complexity index is 1490. The standard InChI is InChI=1S/C26H28N4O3/c1-16(2)19-9-7-10-20(14-19)27-23(31)15-29-22-13-18(4)28(5)24(22)25(32)30(26(29)33)21-11-6-8-17(3)12-21/h6-14,16H,15H2,1-5H3,(H,27,31). The van der Waals surface area contributed by atoms with Crippen LogP contribution in [0.1, 0.15) is 36.6 Å². The highest BCUT2D eigenvalue weighted by molar-refractivity contribution is 5.91. The maximum absolute atomic E-state index is 13.5. The lowest BCUT2D eigenvalue weighted by Gasteiger charge is -2.14. The average molecular weight is 445 g/mol. The van der Waals surface area contributed by atoms with Crippen molar-refractivity contribution >= 4 is 22.6 Å². The third-order valence-electron chi connectivity index (χ3n) is 5.97. The van der Waals surface area contributed by atoms with Crippen molar-refractivity contribution in [3.05, 3.63) is 92.3 Å². The summed E-state index contributed by atoms with van der Waals surface area (Å²) in [6.45, 7) is 7.73. The van der Waals surface area contributed by atoms with Gasteiger partial charge in [-0.05, 0) is 61.2 Å². The molecule has 0 aliphatic rings. The zero-order valence-corrected chi connectivity index (χ0v) is 19.5. The molecule has 2 aromatic carbocycles. The van der Waals surface area contributed by atoms with Gasteiger partial charge in [0.15, 0.2) is 0 Å². The van der Waals surface area contributed by atoms with Crippen LogP contribution in [0.2, 0.25) is 0 Å². The molecule has 33 heavy (non-hydrogen) atoms. The van der Waals surface area contributed by atoms with Gasteiger partial charge in [-0.1, -0.05) is 38.1 Å². The first-order chi connectivity index (χ1) is 15.7. The maximum atomic E-state index is 13.5. The van der Waals surface area contributed by atoms with E-state index in [0.717, 1.165) is 21.4 Å². The van der Waals surface area contributed by atoms with Gasteiger partial charge in [-0.3, -0.25) is 14.2 Å². The van der Waals surface area contributed by atoms with Gasteiger partial charge in [0, 0.05) is 18.4 Å². The molecule has 1 amide bonds. The minimum atomic E-state index is -0.546. The van der Waals surface area contributed by atoms with E-state index in [0.29, 0.717) is 28.3 Å². The molecule has 7 nitrogen and oxygen atoms in total. The number of aryl methyl sites for hydroxylation is 3. The summed E-state index contributed by atoms with van der Waals surface area (Å²) in [5, 5.41) is 2.89. The van der Waals surface area contributed by atoms with Crippen LogP contribution in [-0.4, -0.2) is 19.6 Å². The summed E-state index contributed by atoms with van der Waals surface area (Å²) in [5.74, 6) is -0.00969. The van der Waals surface area contributed by atoms with Crippen molar-refractivity contribution in [2.45, 2.75) is 40.2 Å². The Morgan fingerprint density at radius 2 is 1.73 bits per heavy atom. The number of benzene rings is 2. The van der Waals surface area contributed by atoms with Crippen molar-refractivity contribution in [3.63, 3.8) is 0 Å². The number of anilines is 1. The van der Waals surface area contributed by atoms with Crippen LogP contribution in [0.4, 0.5) is 5.69 Å². The number of nitrogens with one attached hydrogen (secondary N) is 1. The molecule has 0 atom stereocenters. The molecular weight excluding hydrogens is 416 g/mol. The Hall–Kier alpha value is -3.87. The molecule has 0 spiro atoms. The first-order valence-corrected chi connectivity index (χ1v) is 11.0. The quantitative estimate of drug-likeness (QED) is 0.508. The Morgan fingerprint density at radius 3 is 2.42 bits per heavy atom. The Morgan fingerprint density at radius 1 is 1.00 bits per heavy atom. The Kier molecular flexibility index (Phi) is 5.80. The molecule has 0 saturated carbocycles. The van der Waals surface area contributed by atoms with Crippen LogP contribution in [-0.2, 0) is 18.4 Å². The molecule has 4 rings (SSSR count). The van der Waals surface area contributed by atoms with Crippen LogP contribution in [0.5, 0.6) is 0 Å². The van der Waals surface area contributed by atoms with Crippen LogP contribution in [0.3, 0.4) is 0 Å². The molecule has 0 unspecified atom stereocenters. The van der Waals surface area contributed by atoms with E-state index in [2.05, 4.69) is 19.2 Å². The van der Waals surface area contributed by atoms with Crippen molar-refractivity contribution in [1.82, 2.24) is 13.7 Å². The largest absolute Gasteiger partial charge is 0.342 e. The fourth-order valence-corrected chi connectivity index (χ4v) is 4.05. The van der Waals surface area contributed by atoms with Gasteiger partial charge in [0.2, 0.25) is 5.91 Å². The maximum Gasteiger partial charge on any atom is 0.336 e. The lowest BCUT2D eigenvalue weighted by atomic mass is 10.0. The predicted molar refractivity (Wildman–Crippen MR) is 131 cm³/mol. The van der Waals surface area contributed by atoms with Crippen LogP contribution in [0.25, 0.3) is 16.7 Å². The summed E-state index contributed by atoms with van der Waals surface area (Å²) in [7, 11) is 1.78. The van der Waals surface area contributed by atoms with Crippen LogP contribution in [0, 0.1) is 13.8 Å². The van der Waals surface area contributed by atoms with Gasteiger partial charge in [-0.15, -0.1) is 0 Å². The topological polar surface area (TPSA) is 78.0 Å². The second kappa shape index (κ2) is 8.58. The first-order valence-electron chi connectivity index (χ1n) is 11.0. The molecule has 4 aromatic rings. The molecule has 0 bridgehead atoms. The lowest BCUT2D eigenvalue weighted by molar-refractivity contribution is -0.116. The number of aromatic nitrogens is 3. The summed E-state index contributed by atoms with van der Waals surface area (Å²) >= 11 is 0. The number of hydrogen-bond donors (Lipinski definition) is 1. The third-order valence-corrected chi connectivity index (χ3v) is 5.97. The monoisotopic (exact) mass is 444 g/mol. The molecule has 170 valence electrons. The van der Waals surface area contributed by atoms with Gasteiger partial charge in [0.25, 0.3) is 5.56 Å². The summed E-state index contributed by atoms with van der Waals surface area (Å²) in [6, 6.07) is 16.6. The van der Waals surface area contributed by atoms with Gasteiger partial charge < -0.3 is 9.88 Å². The fourth-order valence-electron chi connectivity index (χ4n) is 4.05. The van der Waals surface area contributed by atoms with Gasteiger partial charge in [0.1, 0.15) is 12.1 Å². The second-order valence-electron chi connectivity index (χ2n) is 8.76. The minimum Gasteiger partial charge on any atom is -0.342 e. The molecule has 2 heterocycles. The molecule has 0 fully saturated rings. The smallest absolute Gasteiger partial charge is 0.336 e. The molecule has 7 heteroatoms. The number of hydrogen-bond acceptors (Lipinski definition) is 3. The summed E-state index contributed by atoms with van der Waals surface area (Å²) in [5.41, 5.74) is 3.88. The molecule has 0 saturated heterocycles. The van der Waals surface area contributed by atoms with Crippen molar-refractivity contribution in [1.29, 1.82) is 0 Å². The van der Waals surface area contributed by atoms with Crippen LogP contribution in [0.15, 0.2) is 64.2 Å². The molecular formula is C26H28N4O3.